The summed E-state index contributed by atoms with van der Waals surface area (Å²) >= 11 is 0. The molecule has 0 spiro atoms. The predicted molar refractivity (Wildman–Crippen MR) is 44.1 cm³/mol. The van der Waals surface area contributed by atoms with Crippen LogP contribution in [0.3, 0.4) is 0 Å². The Morgan fingerprint density at radius 1 is 1.38 bits per heavy atom. The molecule has 0 aromatic rings. The molecule has 0 aromatic heterocycles. The summed E-state index contributed by atoms with van der Waals surface area (Å²) in [6.45, 7) is 1.06. The quantitative estimate of drug-likeness (QED) is 0.480. The highest BCUT2D eigenvalue weighted by molar-refractivity contribution is 5.97. The first-order valence-corrected chi connectivity index (χ1v) is 4.06. The first kappa shape index (κ1) is 8.06. The number of urea groups is 1. The monoisotopic (exact) mass is 182 g/mol. The number of nitrogens with zero attached hydrogens (tertiary/aromatic N) is 1. The van der Waals surface area contributed by atoms with Crippen LogP contribution < -0.4 is 16.2 Å². The molecule has 1 saturated heterocycles. The summed E-state index contributed by atoms with van der Waals surface area (Å²) in [6, 6.07) is -0.340. The van der Waals surface area contributed by atoms with Gasteiger partial charge in [-0.15, -0.1) is 0 Å². The first-order valence-electron chi connectivity index (χ1n) is 4.06. The average Bonchev–Trinajstić information content (AvgIpc) is 2.56. The highest BCUT2D eigenvalue weighted by Crippen LogP contribution is 2.09. The second-order valence-electron chi connectivity index (χ2n) is 2.89. The Kier molecular flexibility index (Phi) is 1.90. The minimum absolute atomic E-state index is 0.208. The smallest absolute Gasteiger partial charge is 0.327 e. The second kappa shape index (κ2) is 3.06. The number of carbonyl (C=O) groups is 2. The van der Waals surface area contributed by atoms with Crippen LogP contribution in [0.15, 0.2) is 11.9 Å². The van der Waals surface area contributed by atoms with E-state index in [4.69, 9.17) is 0 Å². The first-order chi connectivity index (χ1) is 6.27. The van der Waals surface area contributed by atoms with Crippen molar-refractivity contribution in [2.45, 2.75) is 6.42 Å². The molecule has 2 rings (SSSR count). The zero-order chi connectivity index (χ0) is 9.26. The molecular formula is C7H10N4O2. The molecule has 2 aliphatic rings. The summed E-state index contributed by atoms with van der Waals surface area (Å²) in [7, 11) is 0. The van der Waals surface area contributed by atoms with Gasteiger partial charge in [-0.05, 0) is 0 Å². The number of nitrogens with one attached hydrogen (secondary N) is 3. The Labute approximate surface area is 74.9 Å². The number of imide groups is 1. The fourth-order valence-electron chi connectivity index (χ4n) is 1.34. The van der Waals surface area contributed by atoms with Crippen molar-refractivity contribution < 1.29 is 9.59 Å². The van der Waals surface area contributed by atoms with Gasteiger partial charge in [0.05, 0.1) is 12.2 Å². The van der Waals surface area contributed by atoms with Gasteiger partial charge in [0.15, 0.2) is 0 Å². The number of hydrogen-bond acceptors (Lipinski definition) is 4. The molecule has 70 valence electrons. The Morgan fingerprint density at radius 2 is 2.23 bits per heavy atom. The van der Waals surface area contributed by atoms with Crippen LogP contribution in [-0.4, -0.2) is 29.9 Å². The maximum Gasteiger partial charge on any atom is 0.328 e. The molecule has 0 bridgehead atoms. The molecule has 6 heteroatoms. The van der Waals surface area contributed by atoms with Crippen LogP contribution in [-0.2, 0) is 4.79 Å². The van der Waals surface area contributed by atoms with Crippen LogP contribution in [0.2, 0.25) is 0 Å². The van der Waals surface area contributed by atoms with E-state index < -0.39 is 0 Å². The van der Waals surface area contributed by atoms with E-state index >= 15 is 0 Å². The number of hydrazine groups is 1. The van der Waals surface area contributed by atoms with E-state index in [1.54, 1.807) is 11.1 Å². The van der Waals surface area contributed by atoms with Crippen LogP contribution in [0.5, 0.6) is 0 Å². The molecule has 0 saturated carbocycles. The van der Waals surface area contributed by atoms with Gasteiger partial charge < -0.3 is 5.43 Å². The molecule has 2 aliphatic heterocycles. The lowest BCUT2D eigenvalue weighted by Crippen LogP contribution is -2.49. The highest BCUT2D eigenvalue weighted by Gasteiger charge is 2.26. The van der Waals surface area contributed by atoms with Crippen LogP contribution in [0.4, 0.5) is 4.79 Å². The summed E-state index contributed by atoms with van der Waals surface area (Å²) in [4.78, 5) is 23.7. The SMILES string of the molecule is O=C1CCN(C2=CNNC2)C(=O)N1. The normalized spacial score (nSPS) is 22.5. The van der Waals surface area contributed by atoms with E-state index in [0.717, 1.165) is 5.70 Å². The molecule has 3 N–H and O–H groups in total. The van der Waals surface area contributed by atoms with E-state index in [2.05, 4.69) is 16.2 Å². The van der Waals surface area contributed by atoms with E-state index in [-0.39, 0.29) is 11.9 Å². The molecule has 13 heavy (non-hydrogen) atoms. The maximum atomic E-state index is 11.3. The summed E-state index contributed by atoms with van der Waals surface area (Å²) in [5, 5.41) is 2.26. The second-order valence-corrected chi connectivity index (χ2v) is 2.89. The Bertz CT molecular complexity index is 286. The van der Waals surface area contributed by atoms with Crippen LogP contribution in [0.1, 0.15) is 6.42 Å². The molecule has 0 aromatic carbocycles. The molecule has 0 radical (unpaired) electrons. The Hall–Kier alpha value is -1.56. The molecule has 1 fully saturated rings. The molecule has 0 aliphatic carbocycles. The summed E-state index contributed by atoms with van der Waals surface area (Å²) < 4.78 is 0. The van der Waals surface area contributed by atoms with Crippen molar-refractivity contribution in [3.63, 3.8) is 0 Å². The zero-order valence-electron chi connectivity index (χ0n) is 6.96. The molecular weight excluding hydrogens is 172 g/mol. The van der Waals surface area contributed by atoms with Crippen molar-refractivity contribution in [1.82, 2.24) is 21.1 Å². The number of hydrogen-bond donors (Lipinski definition) is 3. The minimum Gasteiger partial charge on any atom is -0.327 e. The number of amides is 3. The summed E-state index contributed by atoms with van der Waals surface area (Å²) in [6.07, 6.45) is 2.08. The topological polar surface area (TPSA) is 73.5 Å². The fourth-order valence-corrected chi connectivity index (χ4v) is 1.34. The maximum absolute atomic E-state index is 11.3. The van der Waals surface area contributed by atoms with Gasteiger partial charge in [-0.25, -0.2) is 10.2 Å². The van der Waals surface area contributed by atoms with E-state index in [0.29, 0.717) is 19.5 Å². The van der Waals surface area contributed by atoms with Crippen LogP contribution >= 0.6 is 0 Å². The lowest BCUT2D eigenvalue weighted by molar-refractivity contribution is -0.121. The Balaban J connectivity index is 2.07. The van der Waals surface area contributed by atoms with Crippen molar-refractivity contribution >= 4 is 11.9 Å². The predicted octanol–water partition coefficient (Wildman–Crippen LogP) is -1.12. The summed E-state index contributed by atoms with van der Waals surface area (Å²) in [5.41, 5.74) is 6.49. The van der Waals surface area contributed by atoms with Crippen molar-refractivity contribution in [3.05, 3.63) is 11.9 Å². The number of rotatable bonds is 1. The van der Waals surface area contributed by atoms with Crippen molar-refractivity contribution in [2.75, 3.05) is 13.1 Å². The van der Waals surface area contributed by atoms with Crippen LogP contribution in [0, 0.1) is 0 Å². The summed E-state index contributed by atoms with van der Waals surface area (Å²) in [5.74, 6) is -0.208. The van der Waals surface area contributed by atoms with E-state index in [1.165, 1.54) is 0 Å². The average molecular weight is 182 g/mol. The van der Waals surface area contributed by atoms with Gasteiger partial charge >= 0.3 is 6.03 Å². The van der Waals surface area contributed by atoms with Crippen molar-refractivity contribution in [2.24, 2.45) is 0 Å². The Morgan fingerprint density at radius 3 is 2.85 bits per heavy atom. The fraction of sp³-hybridized carbons (Fsp3) is 0.429. The van der Waals surface area contributed by atoms with Gasteiger partial charge in [0.1, 0.15) is 0 Å². The van der Waals surface area contributed by atoms with Gasteiger partial charge in [-0.1, -0.05) is 0 Å². The van der Waals surface area contributed by atoms with Crippen LogP contribution in [0.25, 0.3) is 0 Å². The van der Waals surface area contributed by atoms with Gasteiger partial charge in [0.2, 0.25) is 5.91 Å². The number of carbonyl (C=O) groups excluding carboxylic acids is 2. The third-order valence-electron chi connectivity index (χ3n) is 2.01. The van der Waals surface area contributed by atoms with Crippen molar-refractivity contribution in [1.29, 1.82) is 0 Å². The largest absolute Gasteiger partial charge is 0.328 e. The molecule has 0 atom stereocenters. The zero-order valence-corrected chi connectivity index (χ0v) is 6.96. The third kappa shape index (κ3) is 1.48. The molecule has 3 amide bonds. The van der Waals surface area contributed by atoms with Gasteiger partial charge in [-0.2, -0.15) is 0 Å². The standard InChI is InChI=1S/C7H10N4O2/c12-6-1-2-11(7(13)10-6)5-3-8-9-4-5/h3,8-9H,1-2,4H2,(H,10,12,13). The molecule has 0 unspecified atom stereocenters. The highest BCUT2D eigenvalue weighted by atomic mass is 16.2. The third-order valence-corrected chi connectivity index (χ3v) is 2.01. The molecule has 2 heterocycles. The lowest BCUT2D eigenvalue weighted by Gasteiger charge is -2.26. The lowest BCUT2D eigenvalue weighted by atomic mass is 10.3. The van der Waals surface area contributed by atoms with Crippen molar-refractivity contribution in [3.8, 4) is 0 Å². The van der Waals surface area contributed by atoms with Gasteiger partial charge in [0.25, 0.3) is 0 Å². The van der Waals surface area contributed by atoms with E-state index in [9.17, 15) is 9.59 Å². The van der Waals surface area contributed by atoms with Gasteiger partial charge in [0, 0.05) is 19.2 Å². The molecule has 6 nitrogen and oxygen atoms in total. The van der Waals surface area contributed by atoms with E-state index in [1.807, 2.05) is 0 Å². The minimum atomic E-state index is -0.340. The van der Waals surface area contributed by atoms with Gasteiger partial charge in [-0.3, -0.25) is 15.0 Å².